The van der Waals surface area contributed by atoms with Crippen LogP contribution in [0.3, 0.4) is 0 Å². The number of halogens is 2. The first-order valence-corrected chi connectivity index (χ1v) is 9.26. The van der Waals surface area contributed by atoms with Crippen LogP contribution in [0, 0.1) is 10.8 Å². The summed E-state index contributed by atoms with van der Waals surface area (Å²) in [7, 11) is 1.37. The molecule has 0 aromatic carbocycles. The summed E-state index contributed by atoms with van der Waals surface area (Å²) in [5.74, 6) is -0.540. The molecule has 1 aliphatic rings. The minimum atomic E-state index is -0.670. The maximum atomic E-state index is 12.0. The third-order valence-electron chi connectivity index (χ3n) is 3.68. The van der Waals surface area contributed by atoms with E-state index in [2.05, 4.69) is 52.4 Å². The van der Waals surface area contributed by atoms with Crippen LogP contribution in [-0.2, 0) is 19.1 Å². The van der Waals surface area contributed by atoms with Gasteiger partial charge in [0.15, 0.2) is 0 Å². The van der Waals surface area contributed by atoms with Crippen molar-refractivity contribution in [3.05, 3.63) is 0 Å². The zero-order valence-corrected chi connectivity index (χ0v) is 17.4. The highest BCUT2D eigenvalue weighted by molar-refractivity contribution is 14.1. The van der Waals surface area contributed by atoms with E-state index in [1.54, 1.807) is 6.92 Å². The van der Waals surface area contributed by atoms with Crippen molar-refractivity contribution in [1.29, 1.82) is 0 Å². The van der Waals surface area contributed by atoms with Gasteiger partial charge in [0.2, 0.25) is 0 Å². The number of methoxy groups -OCH3 is 1. The molecule has 3 unspecified atom stereocenters. The van der Waals surface area contributed by atoms with Gasteiger partial charge in [-0.25, -0.2) is 0 Å². The summed E-state index contributed by atoms with van der Waals surface area (Å²) in [6, 6.07) is 0. The maximum absolute atomic E-state index is 12.0. The van der Waals surface area contributed by atoms with Crippen LogP contribution in [0.1, 0.15) is 47.5 Å². The van der Waals surface area contributed by atoms with E-state index < -0.39 is 10.8 Å². The number of hydrogen-bond acceptors (Lipinski definition) is 4. The van der Waals surface area contributed by atoms with E-state index in [9.17, 15) is 9.59 Å². The molecule has 1 saturated carbocycles. The quantitative estimate of drug-likeness (QED) is 0.349. The van der Waals surface area contributed by atoms with Gasteiger partial charge in [-0.3, -0.25) is 9.59 Å². The van der Waals surface area contributed by atoms with Crippen molar-refractivity contribution in [1.82, 2.24) is 0 Å². The first-order chi connectivity index (χ1) is 9.56. The smallest absolute Gasteiger partial charge is 0.312 e. The van der Waals surface area contributed by atoms with Gasteiger partial charge >= 0.3 is 11.9 Å². The fourth-order valence-electron chi connectivity index (χ4n) is 2.42. The molecule has 0 saturated heterocycles. The zero-order chi connectivity index (χ0) is 16.8. The van der Waals surface area contributed by atoms with Crippen molar-refractivity contribution < 1.29 is 19.1 Å². The van der Waals surface area contributed by atoms with Gasteiger partial charge in [-0.15, -0.1) is 0 Å². The Labute approximate surface area is 150 Å². The number of esters is 2. The summed E-state index contributed by atoms with van der Waals surface area (Å²) in [6.07, 6.45) is 1.23. The van der Waals surface area contributed by atoms with Crippen molar-refractivity contribution >= 4 is 50.5 Å². The van der Waals surface area contributed by atoms with Crippen molar-refractivity contribution in [2.24, 2.45) is 10.8 Å². The number of hydrogen-bond donors (Lipinski definition) is 0. The van der Waals surface area contributed by atoms with Gasteiger partial charge in [0.05, 0.1) is 24.5 Å². The summed E-state index contributed by atoms with van der Waals surface area (Å²) < 4.78 is 10.7. The van der Waals surface area contributed by atoms with Crippen molar-refractivity contribution in [3.8, 4) is 0 Å². The molecule has 0 radical (unpaired) electrons. The third kappa shape index (κ3) is 5.08. The predicted molar refractivity (Wildman–Crippen MR) is 96.0 cm³/mol. The Bertz CT molecular complexity index is 372. The normalized spacial score (nSPS) is 31.4. The van der Waals surface area contributed by atoms with Crippen molar-refractivity contribution in [3.63, 3.8) is 0 Å². The molecule has 0 aromatic heterocycles. The number of carbonyl (C=O) groups excluding carboxylic acids is 2. The van der Waals surface area contributed by atoms with Crippen LogP contribution in [0.5, 0.6) is 0 Å². The fraction of sp³-hybridized carbons (Fsp3) is 0.867. The molecule has 0 N–H and O–H groups in total. The molecule has 0 amide bonds. The van der Waals surface area contributed by atoms with Crippen LogP contribution < -0.4 is 0 Å². The van der Waals surface area contributed by atoms with E-state index in [4.69, 9.17) is 9.47 Å². The van der Waals surface area contributed by atoms with Crippen LogP contribution in [-0.4, -0.2) is 34.4 Å². The van der Waals surface area contributed by atoms with Gasteiger partial charge in [-0.2, -0.15) is 0 Å². The molecule has 0 aromatic rings. The monoisotopic (exact) mass is 476 g/mol. The molecule has 21 heavy (non-hydrogen) atoms. The molecule has 1 aliphatic carbocycles. The van der Waals surface area contributed by atoms with Gasteiger partial charge < -0.3 is 9.47 Å². The Kier molecular flexibility index (Phi) is 8.76. The standard InChI is InChI=1S/C12H19BrO4.C3H7I/c1-5-17-10(15)12(3)7-6-11(2,8(12)13)9(14)16-4;1-3(2)4/h8H,5-7H2,1-4H3;3H,1-2H3. The molecule has 3 atom stereocenters. The summed E-state index contributed by atoms with van der Waals surface area (Å²) in [6.45, 7) is 10.1. The molecule has 4 nitrogen and oxygen atoms in total. The lowest BCUT2D eigenvalue weighted by atomic mass is 9.81. The molecule has 124 valence electrons. The average molecular weight is 477 g/mol. The Hall–Kier alpha value is 0.150. The number of ether oxygens (including phenoxy) is 2. The Morgan fingerprint density at radius 2 is 1.62 bits per heavy atom. The van der Waals surface area contributed by atoms with Crippen LogP contribution in [0.25, 0.3) is 0 Å². The highest BCUT2D eigenvalue weighted by atomic mass is 127. The molecular weight excluding hydrogens is 451 g/mol. The first-order valence-electron chi connectivity index (χ1n) is 7.10. The van der Waals surface area contributed by atoms with E-state index in [0.717, 1.165) is 3.92 Å². The third-order valence-corrected chi connectivity index (χ3v) is 5.70. The largest absolute Gasteiger partial charge is 0.469 e. The van der Waals surface area contributed by atoms with Crippen LogP contribution in [0.15, 0.2) is 0 Å². The lowest BCUT2D eigenvalue weighted by Gasteiger charge is -2.31. The maximum Gasteiger partial charge on any atom is 0.312 e. The molecule has 0 aliphatic heterocycles. The molecule has 1 rings (SSSR count). The lowest BCUT2D eigenvalue weighted by molar-refractivity contribution is -0.155. The van der Waals surface area contributed by atoms with Crippen molar-refractivity contribution in [2.45, 2.75) is 56.2 Å². The van der Waals surface area contributed by atoms with Crippen molar-refractivity contribution in [2.75, 3.05) is 13.7 Å². The fourth-order valence-corrected chi connectivity index (χ4v) is 3.25. The Morgan fingerprint density at radius 3 is 1.95 bits per heavy atom. The van der Waals surface area contributed by atoms with Crippen LogP contribution in [0.2, 0.25) is 0 Å². The highest BCUT2D eigenvalue weighted by Gasteiger charge is 2.59. The second-order valence-corrected chi connectivity index (χ2v) is 9.33. The van der Waals surface area contributed by atoms with E-state index in [1.165, 1.54) is 7.11 Å². The SMILES string of the molecule is CC(C)I.CCOC(=O)C1(C)CCC(C)(C(=O)OC)C1Br. The summed E-state index contributed by atoms with van der Waals surface area (Å²) in [4.78, 5) is 23.5. The lowest BCUT2D eigenvalue weighted by Crippen LogP contribution is -2.43. The van der Waals surface area contributed by atoms with E-state index in [1.807, 2.05) is 13.8 Å². The number of rotatable bonds is 3. The van der Waals surface area contributed by atoms with Gasteiger partial charge in [0.25, 0.3) is 0 Å². The summed E-state index contributed by atoms with van der Waals surface area (Å²) in [5.41, 5.74) is -1.34. The van der Waals surface area contributed by atoms with Crippen LogP contribution in [0.4, 0.5) is 0 Å². The van der Waals surface area contributed by atoms with Gasteiger partial charge in [-0.1, -0.05) is 52.4 Å². The number of alkyl halides is 2. The van der Waals surface area contributed by atoms with Gasteiger partial charge in [0.1, 0.15) is 0 Å². The zero-order valence-electron chi connectivity index (χ0n) is 13.7. The second kappa shape index (κ2) is 8.70. The molecule has 0 spiro atoms. The first kappa shape index (κ1) is 21.1. The van der Waals surface area contributed by atoms with Gasteiger partial charge in [0, 0.05) is 8.75 Å². The Balaban J connectivity index is 0.000000885. The molecular formula is C15H26BrIO4. The van der Waals surface area contributed by atoms with E-state index in [-0.39, 0.29) is 16.8 Å². The van der Waals surface area contributed by atoms with Gasteiger partial charge in [-0.05, 0) is 33.6 Å². The molecule has 0 bridgehead atoms. The summed E-state index contributed by atoms with van der Waals surface area (Å²) in [5, 5.41) is 0. The average Bonchev–Trinajstić information content (AvgIpc) is 2.64. The molecule has 0 heterocycles. The molecule has 1 fully saturated rings. The van der Waals surface area contributed by atoms with E-state index >= 15 is 0 Å². The Morgan fingerprint density at radius 1 is 1.24 bits per heavy atom. The predicted octanol–water partition coefficient (Wildman–Crippen LogP) is 4.12. The molecule has 6 heteroatoms. The second-order valence-electron chi connectivity index (χ2n) is 5.92. The minimum absolute atomic E-state index is 0.255. The van der Waals surface area contributed by atoms with E-state index in [0.29, 0.717) is 19.4 Å². The topological polar surface area (TPSA) is 52.6 Å². The van der Waals surface area contributed by atoms with Crippen LogP contribution >= 0.6 is 38.5 Å². The highest BCUT2D eigenvalue weighted by Crippen LogP contribution is 2.54. The number of carbonyl (C=O) groups is 2. The minimum Gasteiger partial charge on any atom is -0.469 e. The summed E-state index contributed by atoms with van der Waals surface area (Å²) >= 11 is 5.84.